The minimum atomic E-state index is 0.0658. The van der Waals surface area contributed by atoms with E-state index >= 15 is 0 Å². The van der Waals surface area contributed by atoms with Gasteiger partial charge >= 0.3 is 0 Å². The lowest BCUT2D eigenvalue weighted by atomic mass is 9.99. The number of nitrogens with zero attached hydrogens (tertiary/aromatic N) is 4. The van der Waals surface area contributed by atoms with E-state index in [1.807, 2.05) is 16.5 Å². The molecule has 132 valence electrons. The average molecular weight is 356 g/mol. The van der Waals surface area contributed by atoms with Crippen molar-refractivity contribution in [2.75, 3.05) is 31.1 Å². The van der Waals surface area contributed by atoms with Crippen LogP contribution in [0.1, 0.15) is 43.1 Å². The van der Waals surface area contributed by atoms with Gasteiger partial charge < -0.3 is 9.80 Å². The molecule has 0 spiro atoms. The van der Waals surface area contributed by atoms with E-state index in [4.69, 9.17) is 0 Å². The lowest BCUT2D eigenvalue weighted by molar-refractivity contribution is 0.0692. The van der Waals surface area contributed by atoms with Crippen LogP contribution < -0.4 is 4.90 Å². The van der Waals surface area contributed by atoms with E-state index < -0.39 is 0 Å². The van der Waals surface area contributed by atoms with Crippen LogP contribution in [0.3, 0.4) is 0 Å². The Hall–Kier alpha value is -1.95. The quantitative estimate of drug-likeness (QED) is 0.842. The summed E-state index contributed by atoms with van der Waals surface area (Å²) in [7, 11) is 0. The minimum Gasteiger partial charge on any atom is -0.357 e. The molecule has 2 aliphatic rings. The maximum Gasteiger partial charge on any atom is 0.273 e. The number of hydrogen-bond acceptors (Lipinski definition) is 5. The van der Waals surface area contributed by atoms with E-state index in [2.05, 4.69) is 33.9 Å². The number of pyridine rings is 1. The first-order chi connectivity index (χ1) is 12.2. The summed E-state index contributed by atoms with van der Waals surface area (Å²) in [4.78, 5) is 26.0. The summed E-state index contributed by atoms with van der Waals surface area (Å²) in [5.41, 5.74) is 1.55. The van der Waals surface area contributed by atoms with Gasteiger partial charge in [-0.2, -0.15) is 0 Å². The van der Waals surface area contributed by atoms with Gasteiger partial charge in [0.05, 0.1) is 0 Å². The van der Waals surface area contributed by atoms with Crippen LogP contribution in [-0.2, 0) is 0 Å². The van der Waals surface area contributed by atoms with Gasteiger partial charge in [-0.05, 0) is 43.7 Å². The predicted octanol–water partition coefficient (Wildman–Crippen LogP) is 3.68. The van der Waals surface area contributed by atoms with Crippen molar-refractivity contribution in [3.05, 3.63) is 29.4 Å². The fraction of sp³-hybridized carbons (Fsp3) is 0.526. The molecule has 2 aromatic rings. The number of carbonyl (C=O) groups is 1. The standard InChI is InChI=1S/C19H24N4OS/c1-14-6-10-23(11-7-14)19(24)16-13-25-18(21-16)15-4-5-17(20-12-15)22-8-2-3-9-22/h4-5,12-14H,2-3,6-11H2,1H3. The summed E-state index contributed by atoms with van der Waals surface area (Å²) in [5, 5.41) is 2.75. The van der Waals surface area contributed by atoms with Crippen molar-refractivity contribution >= 4 is 23.1 Å². The Kier molecular flexibility index (Phi) is 4.70. The Balaban J connectivity index is 1.46. The van der Waals surface area contributed by atoms with E-state index in [-0.39, 0.29) is 5.91 Å². The molecule has 2 fully saturated rings. The second-order valence-electron chi connectivity index (χ2n) is 7.11. The van der Waals surface area contributed by atoms with Crippen molar-refractivity contribution in [1.82, 2.24) is 14.9 Å². The van der Waals surface area contributed by atoms with E-state index in [9.17, 15) is 4.79 Å². The number of aromatic nitrogens is 2. The Morgan fingerprint density at radius 1 is 1.16 bits per heavy atom. The van der Waals surface area contributed by atoms with E-state index in [0.29, 0.717) is 5.69 Å². The van der Waals surface area contributed by atoms with Crippen LogP contribution in [0.25, 0.3) is 10.6 Å². The molecule has 0 bridgehead atoms. The first kappa shape index (κ1) is 16.5. The predicted molar refractivity (Wildman–Crippen MR) is 101 cm³/mol. The largest absolute Gasteiger partial charge is 0.357 e. The summed E-state index contributed by atoms with van der Waals surface area (Å²) in [6.45, 7) is 6.13. The molecule has 4 rings (SSSR count). The molecule has 0 N–H and O–H groups in total. The highest BCUT2D eigenvalue weighted by Gasteiger charge is 2.23. The van der Waals surface area contributed by atoms with E-state index in [1.54, 1.807) is 0 Å². The summed E-state index contributed by atoms with van der Waals surface area (Å²) in [5.74, 6) is 1.82. The highest BCUT2D eigenvalue weighted by molar-refractivity contribution is 7.13. The van der Waals surface area contributed by atoms with Gasteiger partial charge in [0.15, 0.2) is 0 Å². The number of likely N-dealkylation sites (tertiary alicyclic amines) is 1. The lowest BCUT2D eigenvalue weighted by Crippen LogP contribution is -2.38. The molecule has 0 radical (unpaired) electrons. The van der Waals surface area contributed by atoms with Gasteiger partial charge in [0, 0.05) is 43.3 Å². The fourth-order valence-electron chi connectivity index (χ4n) is 3.52. The molecule has 2 saturated heterocycles. The summed E-state index contributed by atoms with van der Waals surface area (Å²) in [6, 6.07) is 4.13. The van der Waals surface area contributed by atoms with Crippen molar-refractivity contribution in [1.29, 1.82) is 0 Å². The van der Waals surface area contributed by atoms with Crippen LogP contribution in [-0.4, -0.2) is 47.0 Å². The highest BCUT2D eigenvalue weighted by Crippen LogP contribution is 2.27. The fourth-order valence-corrected chi connectivity index (χ4v) is 4.31. The van der Waals surface area contributed by atoms with Crippen LogP contribution in [0.4, 0.5) is 5.82 Å². The monoisotopic (exact) mass is 356 g/mol. The summed E-state index contributed by atoms with van der Waals surface area (Å²) < 4.78 is 0. The Morgan fingerprint density at radius 2 is 1.92 bits per heavy atom. The van der Waals surface area contributed by atoms with Gasteiger partial charge in [0.1, 0.15) is 16.5 Å². The molecule has 5 nitrogen and oxygen atoms in total. The van der Waals surface area contributed by atoms with Crippen molar-refractivity contribution in [3.63, 3.8) is 0 Å². The van der Waals surface area contributed by atoms with Crippen molar-refractivity contribution in [3.8, 4) is 10.6 Å². The zero-order valence-electron chi connectivity index (χ0n) is 14.6. The Labute approximate surface area is 152 Å². The third-order valence-electron chi connectivity index (χ3n) is 5.22. The molecule has 25 heavy (non-hydrogen) atoms. The van der Waals surface area contributed by atoms with Gasteiger partial charge in [-0.25, -0.2) is 9.97 Å². The number of piperidine rings is 1. The molecule has 0 saturated carbocycles. The number of thiazole rings is 1. The van der Waals surface area contributed by atoms with Crippen LogP contribution in [0.2, 0.25) is 0 Å². The first-order valence-electron chi connectivity index (χ1n) is 9.17. The number of amides is 1. The van der Waals surface area contributed by atoms with Crippen molar-refractivity contribution in [2.45, 2.75) is 32.6 Å². The number of rotatable bonds is 3. The lowest BCUT2D eigenvalue weighted by Gasteiger charge is -2.29. The van der Waals surface area contributed by atoms with Gasteiger partial charge in [-0.3, -0.25) is 4.79 Å². The SMILES string of the molecule is CC1CCN(C(=O)c2csc(-c3ccc(N4CCCC4)nc3)n2)CC1. The normalized spacial score (nSPS) is 18.8. The number of carbonyl (C=O) groups excluding carboxylic acids is 1. The van der Waals surface area contributed by atoms with Crippen LogP contribution >= 0.6 is 11.3 Å². The van der Waals surface area contributed by atoms with E-state index in [1.165, 1.54) is 24.2 Å². The zero-order chi connectivity index (χ0) is 17.2. The third-order valence-corrected chi connectivity index (χ3v) is 6.11. The van der Waals surface area contributed by atoms with Gasteiger partial charge in [-0.15, -0.1) is 11.3 Å². The Morgan fingerprint density at radius 3 is 2.60 bits per heavy atom. The maximum atomic E-state index is 12.6. The van der Waals surface area contributed by atoms with Crippen LogP contribution in [0, 0.1) is 5.92 Å². The van der Waals surface area contributed by atoms with Gasteiger partial charge in [0.2, 0.25) is 0 Å². The molecule has 1 amide bonds. The Bertz CT molecular complexity index is 728. The molecule has 0 aromatic carbocycles. The topological polar surface area (TPSA) is 49.3 Å². The van der Waals surface area contributed by atoms with Gasteiger partial charge in [0.25, 0.3) is 5.91 Å². The third kappa shape index (κ3) is 3.54. The molecule has 0 aliphatic carbocycles. The van der Waals surface area contributed by atoms with Crippen LogP contribution in [0.5, 0.6) is 0 Å². The van der Waals surface area contributed by atoms with Crippen molar-refractivity contribution < 1.29 is 4.79 Å². The summed E-state index contributed by atoms with van der Waals surface area (Å²) >= 11 is 1.52. The molecule has 6 heteroatoms. The maximum absolute atomic E-state index is 12.6. The summed E-state index contributed by atoms with van der Waals surface area (Å²) in [6.07, 6.45) is 6.55. The number of hydrogen-bond donors (Lipinski definition) is 0. The molecule has 2 aliphatic heterocycles. The van der Waals surface area contributed by atoms with Crippen molar-refractivity contribution in [2.24, 2.45) is 5.92 Å². The van der Waals surface area contributed by atoms with E-state index in [0.717, 1.165) is 61.3 Å². The van der Waals surface area contributed by atoms with Gasteiger partial charge in [-0.1, -0.05) is 6.92 Å². The smallest absolute Gasteiger partial charge is 0.273 e. The molecular weight excluding hydrogens is 332 g/mol. The average Bonchev–Trinajstić information content (AvgIpc) is 3.34. The second-order valence-corrected chi connectivity index (χ2v) is 7.97. The molecule has 0 atom stereocenters. The van der Waals surface area contributed by atoms with Crippen LogP contribution in [0.15, 0.2) is 23.7 Å². The first-order valence-corrected chi connectivity index (χ1v) is 10.0. The molecular formula is C19H24N4OS. The molecule has 4 heterocycles. The molecule has 2 aromatic heterocycles. The second kappa shape index (κ2) is 7.12. The zero-order valence-corrected chi connectivity index (χ0v) is 15.5. The highest BCUT2D eigenvalue weighted by atomic mass is 32.1. The molecule has 0 unspecified atom stereocenters. The number of anilines is 1. The minimum absolute atomic E-state index is 0.0658.